The molecule has 2 aliphatic rings. The highest BCUT2D eigenvalue weighted by Gasteiger charge is 2.31. The number of aromatic hydroxyl groups is 1. The second-order valence-electron chi connectivity index (χ2n) is 8.25. The number of nitrogens with zero attached hydrogens (tertiary/aromatic N) is 1. The molecule has 5 N–H and O–H groups in total. The number of primary amides is 1. The summed E-state index contributed by atoms with van der Waals surface area (Å²) in [5, 5.41) is 11.4. The van der Waals surface area contributed by atoms with Crippen LogP contribution in [0.1, 0.15) is 35.9 Å². The van der Waals surface area contributed by atoms with Crippen LogP contribution in [0.25, 0.3) is 0 Å². The Bertz CT molecular complexity index is 900. The van der Waals surface area contributed by atoms with Gasteiger partial charge in [0.05, 0.1) is 6.04 Å². The molecule has 0 spiro atoms. The number of benzene rings is 2. The van der Waals surface area contributed by atoms with Gasteiger partial charge in [-0.25, -0.2) is 5.43 Å². The molecule has 166 valence electrons. The maximum atomic E-state index is 11.3. The molecule has 0 aliphatic carbocycles. The third kappa shape index (κ3) is 5.30. The minimum atomic E-state index is -0.197. The average molecular weight is 445 g/mol. The molecule has 7 nitrogen and oxygen atoms in total. The number of likely N-dealkylation sites (tertiary alicyclic amines) is 1. The SMILES string of the molecule is NC(=O)C1CCN(CCOc2ccc(C3NNCC3c3ccc(Cl)cc3)c(O)c2)CC1. The van der Waals surface area contributed by atoms with Gasteiger partial charge < -0.3 is 15.6 Å². The summed E-state index contributed by atoms with van der Waals surface area (Å²) in [5.74, 6) is 0.828. The molecular weight excluding hydrogens is 416 g/mol. The van der Waals surface area contributed by atoms with E-state index in [4.69, 9.17) is 22.1 Å². The molecule has 8 heteroatoms. The molecule has 2 fully saturated rings. The molecule has 31 heavy (non-hydrogen) atoms. The number of phenols is 1. The highest BCUT2D eigenvalue weighted by atomic mass is 35.5. The number of halogens is 1. The van der Waals surface area contributed by atoms with Crippen LogP contribution in [-0.4, -0.2) is 48.7 Å². The first kappa shape index (κ1) is 21.9. The van der Waals surface area contributed by atoms with E-state index in [1.807, 2.05) is 36.4 Å². The predicted molar refractivity (Wildman–Crippen MR) is 120 cm³/mol. The zero-order chi connectivity index (χ0) is 21.8. The topological polar surface area (TPSA) is 99.9 Å². The van der Waals surface area contributed by atoms with E-state index in [1.165, 1.54) is 0 Å². The van der Waals surface area contributed by atoms with Crippen LogP contribution < -0.4 is 21.3 Å². The third-order valence-electron chi connectivity index (χ3n) is 6.28. The Morgan fingerprint density at radius 1 is 1.19 bits per heavy atom. The van der Waals surface area contributed by atoms with Crippen LogP contribution in [-0.2, 0) is 4.79 Å². The standard InChI is InChI=1S/C23H29ClN4O3/c24-17-3-1-15(2-4-17)20-14-26-27-22(20)19-6-5-18(13-21(19)29)31-12-11-28-9-7-16(8-10-28)23(25)30/h1-6,13,16,20,22,26-27,29H,7-12,14H2,(H2,25,30). The zero-order valence-electron chi connectivity index (χ0n) is 17.4. The van der Waals surface area contributed by atoms with E-state index >= 15 is 0 Å². The summed E-state index contributed by atoms with van der Waals surface area (Å²) >= 11 is 6.02. The van der Waals surface area contributed by atoms with E-state index in [1.54, 1.807) is 6.07 Å². The Morgan fingerprint density at radius 3 is 2.61 bits per heavy atom. The van der Waals surface area contributed by atoms with Gasteiger partial charge in [0.1, 0.15) is 18.1 Å². The van der Waals surface area contributed by atoms with Crippen LogP contribution in [0.15, 0.2) is 42.5 Å². The summed E-state index contributed by atoms with van der Waals surface area (Å²) in [4.78, 5) is 13.5. The molecule has 2 atom stereocenters. The van der Waals surface area contributed by atoms with Gasteiger partial charge >= 0.3 is 0 Å². The zero-order valence-corrected chi connectivity index (χ0v) is 18.1. The number of ether oxygens (including phenoxy) is 1. The van der Waals surface area contributed by atoms with Gasteiger partial charge in [0.25, 0.3) is 0 Å². The molecule has 0 bridgehead atoms. The Labute approximate surface area is 187 Å². The van der Waals surface area contributed by atoms with Crippen molar-refractivity contribution in [3.05, 3.63) is 58.6 Å². The van der Waals surface area contributed by atoms with Crippen molar-refractivity contribution in [2.75, 3.05) is 32.8 Å². The number of carbonyl (C=O) groups excluding carboxylic acids is 1. The van der Waals surface area contributed by atoms with Gasteiger partial charge in [0.15, 0.2) is 0 Å². The van der Waals surface area contributed by atoms with Crippen LogP contribution in [0.2, 0.25) is 5.02 Å². The first-order chi connectivity index (χ1) is 15.0. The lowest BCUT2D eigenvalue weighted by Gasteiger charge is -2.30. The average Bonchev–Trinajstić information content (AvgIpc) is 3.24. The normalized spacial score (nSPS) is 22.5. The Morgan fingerprint density at radius 2 is 1.94 bits per heavy atom. The summed E-state index contributed by atoms with van der Waals surface area (Å²) in [6, 6.07) is 13.3. The maximum absolute atomic E-state index is 11.3. The van der Waals surface area contributed by atoms with Crippen molar-refractivity contribution >= 4 is 17.5 Å². The second kappa shape index (κ2) is 9.87. The van der Waals surface area contributed by atoms with Gasteiger partial charge in [-0.05, 0) is 49.7 Å². The lowest BCUT2D eigenvalue weighted by molar-refractivity contribution is -0.123. The van der Waals surface area contributed by atoms with Crippen LogP contribution in [0.3, 0.4) is 0 Å². The van der Waals surface area contributed by atoms with Crippen molar-refractivity contribution in [2.24, 2.45) is 11.7 Å². The van der Waals surface area contributed by atoms with Crippen LogP contribution >= 0.6 is 11.6 Å². The Hall–Kier alpha value is -2.32. The van der Waals surface area contributed by atoms with Gasteiger partial charge in [-0.1, -0.05) is 29.8 Å². The Kier molecular flexibility index (Phi) is 6.97. The van der Waals surface area contributed by atoms with Gasteiger partial charge in [-0.3, -0.25) is 15.1 Å². The predicted octanol–water partition coefficient (Wildman–Crippen LogP) is 2.55. The number of phenolic OH excluding ortho intramolecular Hbond substituents is 1. The monoisotopic (exact) mass is 444 g/mol. The molecule has 2 aromatic carbocycles. The van der Waals surface area contributed by atoms with Crippen LogP contribution in [0.5, 0.6) is 11.5 Å². The number of rotatable bonds is 7. The largest absolute Gasteiger partial charge is 0.507 e. The van der Waals surface area contributed by atoms with Crippen molar-refractivity contribution in [1.82, 2.24) is 15.8 Å². The number of hydrazine groups is 1. The van der Waals surface area contributed by atoms with Gasteiger partial charge in [0, 0.05) is 41.6 Å². The molecule has 2 heterocycles. The van der Waals surface area contributed by atoms with E-state index in [-0.39, 0.29) is 29.5 Å². The first-order valence-electron chi connectivity index (χ1n) is 10.7. The first-order valence-corrected chi connectivity index (χ1v) is 11.1. The molecule has 1 amide bonds. The maximum Gasteiger partial charge on any atom is 0.220 e. The molecule has 0 radical (unpaired) electrons. The highest BCUT2D eigenvalue weighted by molar-refractivity contribution is 6.30. The number of carbonyl (C=O) groups is 1. The van der Waals surface area contributed by atoms with Crippen molar-refractivity contribution in [2.45, 2.75) is 24.8 Å². The van der Waals surface area contributed by atoms with Crippen molar-refractivity contribution in [3.8, 4) is 11.5 Å². The quantitative estimate of drug-likeness (QED) is 0.523. The van der Waals surface area contributed by atoms with E-state index in [0.717, 1.165) is 50.1 Å². The van der Waals surface area contributed by atoms with E-state index < -0.39 is 0 Å². The van der Waals surface area contributed by atoms with Crippen LogP contribution in [0, 0.1) is 5.92 Å². The highest BCUT2D eigenvalue weighted by Crippen LogP contribution is 2.38. The van der Waals surface area contributed by atoms with Crippen molar-refractivity contribution in [3.63, 3.8) is 0 Å². The second-order valence-corrected chi connectivity index (χ2v) is 8.68. The number of hydrogen-bond acceptors (Lipinski definition) is 6. The van der Waals surface area contributed by atoms with E-state index in [9.17, 15) is 9.90 Å². The van der Waals surface area contributed by atoms with E-state index in [0.29, 0.717) is 17.4 Å². The smallest absolute Gasteiger partial charge is 0.220 e. The van der Waals surface area contributed by atoms with Crippen molar-refractivity contribution < 1.29 is 14.6 Å². The number of nitrogens with one attached hydrogen (secondary N) is 2. The number of hydrogen-bond donors (Lipinski definition) is 4. The number of piperidine rings is 1. The fourth-order valence-corrected chi connectivity index (χ4v) is 4.55. The van der Waals surface area contributed by atoms with E-state index in [2.05, 4.69) is 15.8 Å². The Balaban J connectivity index is 1.33. The molecule has 0 aromatic heterocycles. The number of nitrogens with two attached hydrogens (primary N) is 1. The molecule has 0 saturated carbocycles. The minimum absolute atomic E-state index is 0.00274. The summed E-state index contributed by atoms with van der Waals surface area (Å²) in [5.41, 5.74) is 13.8. The molecular formula is C23H29ClN4O3. The fraction of sp³-hybridized carbons (Fsp3) is 0.435. The summed E-state index contributed by atoms with van der Waals surface area (Å²) in [7, 11) is 0. The van der Waals surface area contributed by atoms with Crippen molar-refractivity contribution in [1.29, 1.82) is 0 Å². The molecule has 4 rings (SSSR count). The lowest BCUT2D eigenvalue weighted by Crippen LogP contribution is -2.40. The molecule has 2 unspecified atom stereocenters. The summed E-state index contributed by atoms with van der Waals surface area (Å²) in [6.07, 6.45) is 1.62. The van der Waals surface area contributed by atoms with Crippen LogP contribution in [0.4, 0.5) is 0 Å². The molecule has 2 aromatic rings. The summed E-state index contributed by atoms with van der Waals surface area (Å²) < 4.78 is 5.86. The van der Waals surface area contributed by atoms with Gasteiger partial charge in [-0.15, -0.1) is 0 Å². The van der Waals surface area contributed by atoms with Gasteiger partial charge in [-0.2, -0.15) is 0 Å². The third-order valence-corrected chi connectivity index (χ3v) is 6.54. The fourth-order valence-electron chi connectivity index (χ4n) is 4.42. The summed E-state index contributed by atoms with van der Waals surface area (Å²) in [6.45, 7) is 3.77. The number of amides is 1. The molecule has 2 aliphatic heterocycles. The molecule has 2 saturated heterocycles. The minimum Gasteiger partial charge on any atom is -0.507 e. The van der Waals surface area contributed by atoms with Gasteiger partial charge in [0.2, 0.25) is 5.91 Å². The lowest BCUT2D eigenvalue weighted by atomic mass is 9.88.